The van der Waals surface area contributed by atoms with E-state index in [0.717, 1.165) is 24.3 Å². The summed E-state index contributed by atoms with van der Waals surface area (Å²) in [5.41, 5.74) is 1.17. The molecule has 134 valence electrons. The number of thioether (sulfide) groups is 1. The quantitative estimate of drug-likeness (QED) is 0.421. The molecule has 0 fully saturated rings. The zero-order valence-electron chi connectivity index (χ0n) is 14.4. The number of carbonyl (C=O) groups is 2. The molecule has 1 aromatic rings. The molecule has 0 aromatic heterocycles. The third kappa shape index (κ3) is 11.1. The molecular formula is C18H28N2O3S. The summed E-state index contributed by atoms with van der Waals surface area (Å²) in [6, 6.07) is 10.0. The van der Waals surface area contributed by atoms with E-state index in [-0.39, 0.29) is 11.9 Å². The monoisotopic (exact) mass is 352 g/mol. The third-order valence-electron chi connectivity index (χ3n) is 3.25. The Hall–Kier alpha value is -1.53. The smallest absolute Gasteiger partial charge is 0.305 e. The lowest BCUT2D eigenvalue weighted by Crippen LogP contribution is -2.34. The van der Waals surface area contributed by atoms with Crippen molar-refractivity contribution in [3.8, 4) is 0 Å². The van der Waals surface area contributed by atoms with Crippen LogP contribution in [0.25, 0.3) is 0 Å². The zero-order chi connectivity index (χ0) is 17.5. The van der Waals surface area contributed by atoms with E-state index in [9.17, 15) is 9.59 Å². The number of rotatable bonds is 13. The van der Waals surface area contributed by atoms with E-state index < -0.39 is 0 Å². The van der Waals surface area contributed by atoms with Crippen LogP contribution >= 0.6 is 11.8 Å². The molecule has 0 heterocycles. The van der Waals surface area contributed by atoms with Crippen LogP contribution in [-0.2, 0) is 20.9 Å². The number of hydrogen-bond acceptors (Lipinski definition) is 5. The number of benzene rings is 1. The van der Waals surface area contributed by atoms with Gasteiger partial charge in [0, 0.05) is 25.3 Å². The van der Waals surface area contributed by atoms with E-state index in [1.807, 2.05) is 37.3 Å². The van der Waals surface area contributed by atoms with Gasteiger partial charge in [0.2, 0.25) is 5.91 Å². The summed E-state index contributed by atoms with van der Waals surface area (Å²) in [5.74, 6) is 1.80. The summed E-state index contributed by atoms with van der Waals surface area (Å²) in [6.07, 6.45) is 2.36. The van der Waals surface area contributed by atoms with Crippen LogP contribution in [0.3, 0.4) is 0 Å². The number of carbonyl (C=O) groups excluding carboxylic acids is 2. The van der Waals surface area contributed by atoms with Gasteiger partial charge in [-0.15, -0.1) is 0 Å². The molecule has 0 saturated carbocycles. The van der Waals surface area contributed by atoms with Crippen LogP contribution in [0.5, 0.6) is 0 Å². The van der Waals surface area contributed by atoms with Crippen molar-refractivity contribution in [1.29, 1.82) is 0 Å². The molecule has 0 saturated heterocycles. The first-order chi connectivity index (χ1) is 11.7. The maximum absolute atomic E-state index is 11.7. The average Bonchev–Trinajstić information content (AvgIpc) is 2.58. The van der Waals surface area contributed by atoms with Crippen LogP contribution in [0.2, 0.25) is 0 Å². The van der Waals surface area contributed by atoms with Gasteiger partial charge in [0.1, 0.15) is 0 Å². The second-order valence-electron chi connectivity index (χ2n) is 5.31. The molecule has 0 aliphatic carbocycles. The molecule has 0 aliphatic heterocycles. The normalized spacial score (nSPS) is 10.4. The molecule has 0 unspecified atom stereocenters. The van der Waals surface area contributed by atoms with Gasteiger partial charge in [0.05, 0.1) is 13.2 Å². The summed E-state index contributed by atoms with van der Waals surface area (Å²) in [6.45, 7) is 3.98. The van der Waals surface area contributed by atoms with Crippen molar-refractivity contribution in [2.45, 2.75) is 32.7 Å². The molecule has 0 radical (unpaired) electrons. The maximum Gasteiger partial charge on any atom is 0.305 e. The molecule has 1 rings (SSSR count). The molecule has 2 N–H and O–H groups in total. The minimum absolute atomic E-state index is 0.0221. The highest BCUT2D eigenvalue weighted by Crippen LogP contribution is 2.06. The summed E-state index contributed by atoms with van der Waals surface area (Å²) in [7, 11) is 0. The number of esters is 1. The number of amides is 1. The van der Waals surface area contributed by atoms with E-state index in [4.69, 9.17) is 4.74 Å². The predicted molar refractivity (Wildman–Crippen MR) is 99.0 cm³/mol. The van der Waals surface area contributed by atoms with Crippen LogP contribution in [0.15, 0.2) is 30.3 Å². The summed E-state index contributed by atoms with van der Waals surface area (Å²) in [5, 5.41) is 6.03. The van der Waals surface area contributed by atoms with Gasteiger partial charge in [-0.1, -0.05) is 30.3 Å². The number of hydrogen-bond donors (Lipinski definition) is 2. The molecule has 0 atom stereocenters. The Morgan fingerprint density at radius 2 is 1.92 bits per heavy atom. The first-order valence-corrected chi connectivity index (χ1v) is 9.62. The van der Waals surface area contributed by atoms with E-state index in [1.54, 1.807) is 11.8 Å². The average molecular weight is 353 g/mol. The standard InChI is InChI=1S/C18H28N2O3S/c1-2-23-18(22)10-6-7-12-24-13-11-20-17(21)15-19-14-16-8-4-3-5-9-16/h3-5,8-9,19H,2,6-7,10-15H2,1H3,(H,20,21). The van der Waals surface area contributed by atoms with Crippen LogP contribution < -0.4 is 10.6 Å². The Labute approximate surface area is 148 Å². The predicted octanol–water partition coefficient (Wildman–Crippen LogP) is 2.36. The van der Waals surface area contributed by atoms with Crippen LogP contribution in [0.4, 0.5) is 0 Å². The molecular weight excluding hydrogens is 324 g/mol. The van der Waals surface area contributed by atoms with E-state index in [1.165, 1.54) is 5.56 Å². The second kappa shape index (κ2) is 13.9. The molecule has 1 aromatic carbocycles. The van der Waals surface area contributed by atoms with E-state index in [0.29, 0.717) is 32.7 Å². The fourth-order valence-corrected chi connectivity index (χ4v) is 2.91. The highest BCUT2D eigenvalue weighted by atomic mass is 32.2. The number of ether oxygens (including phenoxy) is 1. The van der Waals surface area contributed by atoms with Crippen molar-refractivity contribution in [1.82, 2.24) is 10.6 Å². The first kappa shape index (κ1) is 20.5. The summed E-state index contributed by atoms with van der Waals surface area (Å²) >= 11 is 1.79. The Morgan fingerprint density at radius 3 is 2.67 bits per heavy atom. The summed E-state index contributed by atoms with van der Waals surface area (Å²) in [4.78, 5) is 22.8. The Bertz CT molecular complexity index is 469. The van der Waals surface area contributed by atoms with Crippen molar-refractivity contribution >= 4 is 23.6 Å². The summed E-state index contributed by atoms with van der Waals surface area (Å²) < 4.78 is 4.87. The third-order valence-corrected chi connectivity index (χ3v) is 4.32. The molecule has 6 heteroatoms. The van der Waals surface area contributed by atoms with Gasteiger partial charge in [0.15, 0.2) is 0 Å². The Morgan fingerprint density at radius 1 is 1.12 bits per heavy atom. The molecule has 0 aliphatic rings. The lowest BCUT2D eigenvalue weighted by atomic mass is 10.2. The second-order valence-corrected chi connectivity index (χ2v) is 6.54. The molecule has 0 spiro atoms. The lowest BCUT2D eigenvalue weighted by molar-refractivity contribution is -0.143. The maximum atomic E-state index is 11.7. The fourth-order valence-electron chi connectivity index (χ4n) is 2.05. The van der Waals surface area contributed by atoms with Gasteiger partial charge in [-0.3, -0.25) is 9.59 Å². The largest absolute Gasteiger partial charge is 0.466 e. The van der Waals surface area contributed by atoms with Crippen LogP contribution in [0, 0.1) is 0 Å². The lowest BCUT2D eigenvalue weighted by Gasteiger charge is -2.07. The minimum atomic E-state index is -0.113. The van der Waals surface area contributed by atoms with E-state index >= 15 is 0 Å². The number of nitrogens with one attached hydrogen (secondary N) is 2. The van der Waals surface area contributed by atoms with Gasteiger partial charge < -0.3 is 15.4 Å². The van der Waals surface area contributed by atoms with Crippen LogP contribution in [-0.4, -0.2) is 43.1 Å². The fraction of sp³-hybridized carbons (Fsp3) is 0.556. The molecule has 0 bridgehead atoms. The van der Waals surface area contributed by atoms with Gasteiger partial charge in [-0.25, -0.2) is 0 Å². The SMILES string of the molecule is CCOC(=O)CCCCSCCNC(=O)CNCc1ccccc1. The molecule has 5 nitrogen and oxygen atoms in total. The van der Waals surface area contributed by atoms with Gasteiger partial charge in [-0.2, -0.15) is 11.8 Å². The van der Waals surface area contributed by atoms with Crippen molar-refractivity contribution in [2.24, 2.45) is 0 Å². The zero-order valence-corrected chi connectivity index (χ0v) is 15.2. The molecule has 24 heavy (non-hydrogen) atoms. The van der Waals surface area contributed by atoms with Crippen molar-refractivity contribution in [3.05, 3.63) is 35.9 Å². The van der Waals surface area contributed by atoms with Gasteiger partial charge >= 0.3 is 5.97 Å². The van der Waals surface area contributed by atoms with Crippen LogP contribution in [0.1, 0.15) is 31.7 Å². The van der Waals surface area contributed by atoms with Gasteiger partial charge in [0.25, 0.3) is 0 Å². The Balaban J connectivity index is 1.88. The molecule has 1 amide bonds. The van der Waals surface area contributed by atoms with Crippen molar-refractivity contribution in [3.63, 3.8) is 0 Å². The first-order valence-electron chi connectivity index (χ1n) is 8.47. The number of unbranched alkanes of at least 4 members (excludes halogenated alkanes) is 1. The Kier molecular flexibility index (Phi) is 11.9. The van der Waals surface area contributed by atoms with Crippen molar-refractivity contribution in [2.75, 3.05) is 31.2 Å². The van der Waals surface area contributed by atoms with E-state index in [2.05, 4.69) is 10.6 Å². The minimum Gasteiger partial charge on any atom is -0.466 e. The van der Waals surface area contributed by atoms with Crippen molar-refractivity contribution < 1.29 is 14.3 Å². The highest BCUT2D eigenvalue weighted by molar-refractivity contribution is 7.99. The highest BCUT2D eigenvalue weighted by Gasteiger charge is 2.02. The van der Waals surface area contributed by atoms with Gasteiger partial charge in [-0.05, 0) is 31.1 Å². The topological polar surface area (TPSA) is 67.4 Å².